The minimum absolute atomic E-state index is 0.00855. The number of fused-ring (bicyclic) bond motifs is 1. The molecule has 202 valence electrons. The molecule has 1 aliphatic rings. The highest BCUT2D eigenvalue weighted by molar-refractivity contribution is 6.29. The van der Waals surface area contributed by atoms with E-state index in [1.54, 1.807) is 30.3 Å². The molecule has 0 aliphatic carbocycles. The molecule has 0 saturated carbocycles. The zero-order valence-electron chi connectivity index (χ0n) is 20.9. The highest BCUT2D eigenvalue weighted by atomic mass is 35.5. The fourth-order valence-electron chi connectivity index (χ4n) is 4.37. The molecule has 1 N–H and O–H groups in total. The number of nitrogens with one attached hydrogen (secondary N) is 1. The van der Waals surface area contributed by atoms with Gasteiger partial charge in [0.25, 0.3) is 5.91 Å². The highest BCUT2D eigenvalue weighted by Crippen LogP contribution is 2.35. The number of amides is 1. The van der Waals surface area contributed by atoms with Crippen LogP contribution >= 0.6 is 11.6 Å². The lowest BCUT2D eigenvalue weighted by molar-refractivity contribution is -0.138. The largest absolute Gasteiger partial charge is 0.421 e. The Morgan fingerprint density at radius 3 is 2.54 bits per heavy atom. The number of benzene rings is 2. The summed E-state index contributed by atoms with van der Waals surface area (Å²) in [6, 6.07) is 13.9. The number of ether oxygens (including phenoxy) is 1. The lowest BCUT2D eigenvalue weighted by Gasteiger charge is -2.33. The van der Waals surface area contributed by atoms with Crippen LogP contribution in [0.4, 0.5) is 18.9 Å². The van der Waals surface area contributed by atoms with Crippen LogP contribution in [0.2, 0.25) is 5.15 Å². The molecule has 2 aromatic carbocycles. The number of carbonyl (C=O) groups is 1. The van der Waals surface area contributed by atoms with Crippen LogP contribution in [0.1, 0.15) is 21.6 Å². The van der Waals surface area contributed by atoms with Crippen LogP contribution in [0.15, 0.2) is 60.9 Å². The summed E-state index contributed by atoms with van der Waals surface area (Å²) in [6.07, 6.45) is -3.36. The minimum Gasteiger partial charge on any atom is -0.421 e. The van der Waals surface area contributed by atoms with Gasteiger partial charge >= 0.3 is 6.18 Å². The monoisotopic (exact) mass is 556 g/mol. The van der Waals surface area contributed by atoms with E-state index in [1.807, 2.05) is 11.9 Å². The van der Waals surface area contributed by atoms with Crippen LogP contribution in [-0.4, -0.2) is 63.9 Å². The van der Waals surface area contributed by atoms with Crippen molar-refractivity contribution >= 4 is 34.0 Å². The molecule has 4 aromatic rings. The molecule has 39 heavy (non-hydrogen) atoms. The zero-order chi connectivity index (χ0) is 27.6. The molecule has 3 heterocycles. The van der Waals surface area contributed by atoms with Crippen molar-refractivity contribution in [1.82, 2.24) is 24.8 Å². The Balaban J connectivity index is 1.42. The van der Waals surface area contributed by atoms with Crippen molar-refractivity contribution < 1.29 is 22.7 Å². The van der Waals surface area contributed by atoms with Gasteiger partial charge in [-0.1, -0.05) is 41.9 Å². The Hall–Kier alpha value is -3.80. The molecule has 0 spiro atoms. The molecule has 1 amide bonds. The Kier molecular flexibility index (Phi) is 7.65. The predicted molar refractivity (Wildman–Crippen MR) is 141 cm³/mol. The third-order valence-electron chi connectivity index (χ3n) is 6.41. The second-order valence-corrected chi connectivity index (χ2v) is 9.60. The van der Waals surface area contributed by atoms with Crippen LogP contribution in [0.5, 0.6) is 11.8 Å². The number of halogens is 4. The number of rotatable bonds is 6. The first-order valence-corrected chi connectivity index (χ1v) is 12.5. The lowest BCUT2D eigenvalue weighted by atomic mass is 10.0. The summed E-state index contributed by atoms with van der Waals surface area (Å²) in [4.78, 5) is 29.5. The second-order valence-electron chi connectivity index (χ2n) is 9.21. The number of piperazine rings is 1. The standard InChI is InChI=1S/C27H24ClF3N6O2/c1-36-8-10-37(11-9-36)15-18-6-7-19(13-21(18)27(29,30)31)34-26(38)25-20-5-3-2-4-17(20)12-24(35-25)39-23-14-22(28)32-16-33-23/h2-7,12-14,16H,8-11,15H2,1H3,(H,34,38). The van der Waals surface area contributed by atoms with Gasteiger partial charge in [-0.25, -0.2) is 15.0 Å². The van der Waals surface area contributed by atoms with Gasteiger partial charge in [0, 0.05) is 55.9 Å². The number of alkyl halides is 3. The normalized spacial score (nSPS) is 14.9. The van der Waals surface area contributed by atoms with Crippen molar-refractivity contribution in [2.45, 2.75) is 12.7 Å². The first-order valence-electron chi connectivity index (χ1n) is 12.1. The summed E-state index contributed by atoms with van der Waals surface area (Å²) in [7, 11) is 1.99. The van der Waals surface area contributed by atoms with Crippen molar-refractivity contribution in [3.05, 3.63) is 82.9 Å². The van der Waals surface area contributed by atoms with Crippen molar-refractivity contribution in [2.24, 2.45) is 0 Å². The molecule has 12 heteroatoms. The van der Waals surface area contributed by atoms with Gasteiger partial charge < -0.3 is 15.0 Å². The van der Waals surface area contributed by atoms with Crippen molar-refractivity contribution in [3.63, 3.8) is 0 Å². The van der Waals surface area contributed by atoms with E-state index >= 15 is 0 Å². The minimum atomic E-state index is -4.58. The molecule has 0 bridgehead atoms. The van der Waals surface area contributed by atoms with Gasteiger partial charge in [0.1, 0.15) is 17.2 Å². The van der Waals surface area contributed by atoms with Crippen LogP contribution in [0, 0.1) is 0 Å². The quantitative estimate of drug-likeness (QED) is 0.314. The molecular weight excluding hydrogens is 533 g/mol. The lowest BCUT2D eigenvalue weighted by Crippen LogP contribution is -2.44. The number of nitrogens with zero attached hydrogens (tertiary/aromatic N) is 5. The SMILES string of the molecule is CN1CCN(Cc2ccc(NC(=O)c3nc(Oc4cc(Cl)ncn4)cc4ccccc34)cc2C(F)(F)F)CC1. The molecule has 8 nitrogen and oxygen atoms in total. The van der Waals surface area contributed by atoms with E-state index in [0.717, 1.165) is 19.2 Å². The van der Waals surface area contributed by atoms with Crippen LogP contribution in [0.25, 0.3) is 10.8 Å². The maximum absolute atomic E-state index is 14.0. The average Bonchev–Trinajstić information content (AvgIpc) is 2.90. The molecular formula is C27H24ClF3N6O2. The van der Waals surface area contributed by atoms with E-state index in [-0.39, 0.29) is 40.4 Å². The van der Waals surface area contributed by atoms with Gasteiger partial charge in [-0.3, -0.25) is 9.69 Å². The van der Waals surface area contributed by atoms with Gasteiger partial charge in [0.15, 0.2) is 0 Å². The molecule has 5 rings (SSSR count). The van der Waals surface area contributed by atoms with E-state index in [0.29, 0.717) is 23.9 Å². The van der Waals surface area contributed by atoms with E-state index in [4.69, 9.17) is 16.3 Å². The first-order chi connectivity index (χ1) is 18.7. The van der Waals surface area contributed by atoms with E-state index in [2.05, 4.69) is 25.2 Å². The van der Waals surface area contributed by atoms with Gasteiger partial charge in [0.05, 0.1) is 5.56 Å². The van der Waals surface area contributed by atoms with Crippen LogP contribution < -0.4 is 10.1 Å². The number of hydrogen-bond donors (Lipinski definition) is 1. The Bertz CT molecular complexity index is 1510. The molecule has 0 radical (unpaired) electrons. The second kappa shape index (κ2) is 11.1. The first kappa shape index (κ1) is 26.8. The zero-order valence-corrected chi connectivity index (χ0v) is 21.6. The maximum Gasteiger partial charge on any atom is 0.416 e. The fourth-order valence-corrected chi connectivity index (χ4v) is 4.51. The molecule has 1 saturated heterocycles. The third kappa shape index (κ3) is 6.44. The number of anilines is 1. The van der Waals surface area contributed by atoms with Crippen molar-refractivity contribution in [1.29, 1.82) is 0 Å². The molecule has 0 unspecified atom stereocenters. The number of likely N-dealkylation sites (N-methyl/N-ethyl adjacent to an activating group) is 1. The Morgan fingerprint density at radius 2 is 1.79 bits per heavy atom. The number of hydrogen-bond acceptors (Lipinski definition) is 7. The number of carbonyl (C=O) groups excluding carboxylic acids is 1. The summed E-state index contributed by atoms with van der Waals surface area (Å²) in [6.45, 7) is 3.14. The van der Waals surface area contributed by atoms with Crippen molar-refractivity contribution in [2.75, 3.05) is 38.5 Å². The van der Waals surface area contributed by atoms with E-state index in [9.17, 15) is 18.0 Å². The number of aromatic nitrogens is 3. The Labute approximate surface area is 227 Å². The number of pyridine rings is 1. The summed E-state index contributed by atoms with van der Waals surface area (Å²) >= 11 is 5.89. The van der Waals surface area contributed by atoms with Crippen LogP contribution in [0.3, 0.4) is 0 Å². The van der Waals surface area contributed by atoms with Gasteiger partial charge in [-0.05, 0) is 30.1 Å². The van der Waals surface area contributed by atoms with E-state index < -0.39 is 17.6 Å². The molecule has 1 fully saturated rings. The van der Waals surface area contributed by atoms with Crippen LogP contribution in [-0.2, 0) is 12.7 Å². The molecule has 1 aliphatic heterocycles. The summed E-state index contributed by atoms with van der Waals surface area (Å²) in [5.74, 6) is -0.501. The van der Waals surface area contributed by atoms with E-state index in [1.165, 1.54) is 24.5 Å². The van der Waals surface area contributed by atoms with Gasteiger partial charge in [0.2, 0.25) is 11.8 Å². The Morgan fingerprint density at radius 1 is 1.03 bits per heavy atom. The average molecular weight is 557 g/mol. The predicted octanol–water partition coefficient (Wildman–Crippen LogP) is 5.49. The smallest absolute Gasteiger partial charge is 0.416 e. The summed E-state index contributed by atoms with van der Waals surface area (Å²) in [5.41, 5.74) is -0.630. The van der Waals surface area contributed by atoms with Gasteiger partial charge in [-0.2, -0.15) is 13.2 Å². The van der Waals surface area contributed by atoms with Gasteiger partial charge in [-0.15, -0.1) is 0 Å². The molecule has 2 aromatic heterocycles. The summed E-state index contributed by atoms with van der Waals surface area (Å²) in [5, 5.41) is 3.89. The third-order valence-corrected chi connectivity index (χ3v) is 6.62. The fraction of sp³-hybridized carbons (Fsp3) is 0.259. The topological polar surface area (TPSA) is 83.5 Å². The highest BCUT2D eigenvalue weighted by Gasteiger charge is 2.34. The van der Waals surface area contributed by atoms with Crippen molar-refractivity contribution in [3.8, 4) is 11.8 Å². The summed E-state index contributed by atoms with van der Waals surface area (Å²) < 4.78 is 47.7. The maximum atomic E-state index is 14.0. The molecule has 0 atom stereocenters.